The van der Waals surface area contributed by atoms with Crippen LogP contribution in [0.1, 0.15) is 20.8 Å². The predicted molar refractivity (Wildman–Crippen MR) is 66.9 cm³/mol. The lowest BCUT2D eigenvalue weighted by Crippen LogP contribution is -2.24. The van der Waals surface area contributed by atoms with E-state index in [0.717, 1.165) is 7.11 Å². The number of fused-ring (bicyclic) bond motifs is 1. The predicted octanol–water partition coefficient (Wildman–Crippen LogP) is 1.68. The summed E-state index contributed by atoms with van der Waals surface area (Å²) >= 11 is 5.86. The number of ketones is 2. The second kappa shape index (κ2) is 4.78. The molecule has 0 saturated carbocycles. The average Bonchev–Trinajstić information content (AvgIpc) is 2.44. The molecule has 19 heavy (non-hydrogen) atoms. The van der Waals surface area contributed by atoms with Crippen LogP contribution in [0.4, 0.5) is 0 Å². The number of hydrogen-bond acceptors (Lipinski definition) is 5. The van der Waals surface area contributed by atoms with Crippen LogP contribution in [0.3, 0.4) is 0 Å². The van der Waals surface area contributed by atoms with Crippen molar-refractivity contribution in [1.82, 2.24) is 4.98 Å². The van der Waals surface area contributed by atoms with Gasteiger partial charge in [0, 0.05) is 6.20 Å². The summed E-state index contributed by atoms with van der Waals surface area (Å²) in [5.41, 5.74) is -0.456. The van der Waals surface area contributed by atoms with Crippen molar-refractivity contribution < 1.29 is 19.1 Å². The second-order valence-corrected chi connectivity index (χ2v) is 4.09. The largest absolute Gasteiger partial charge is 0.465 e. The van der Waals surface area contributed by atoms with E-state index in [1.54, 1.807) is 0 Å². The van der Waals surface area contributed by atoms with Crippen LogP contribution < -0.4 is 0 Å². The van der Waals surface area contributed by atoms with Gasteiger partial charge in [-0.05, 0) is 12.1 Å². The number of carbonyl (C=O) groups is 3. The summed E-state index contributed by atoms with van der Waals surface area (Å²) in [6.45, 7) is 3.44. The van der Waals surface area contributed by atoms with E-state index in [-0.39, 0.29) is 27.4 Å². The fourth-order valence-corrected chi connectivity index (χ4v) is 2.02. The van der Waals surface area contributed by atoms with E-state index in [9.17, 15) is 14.4 Å². The van der Waals surface area contributed by atoms with E-state index in [4.69, 9.17) is 11.6 Å². The number of aromatic nitrogens is 1. The number of carbonyl (C=O) groups excluding carboxylic acids is 3. The molecule has 0 N–H and O–H groups in total. The average molecular weight is 278 g/mol. The summed E-state index contributed by atoms with van der Waals surface area (Å²) in [6, 6.07) is 2.97. The van der Waals surface area contributed by atoms with Gasteiger partial charge in [0.25, 0.3) is 0 Å². The number of hydrogen-bond donors (Lipinski definition) is 0. The number of Topliss-reactive ketones (excluding diaryl/α,β-unsaturated/α-hetero) is 2. The van der Waals surface area contributed by atoms with Gasteiger partial charge in [0.15, 0.2) is 0 Å². The highest BCUT2D eigenvalue weighted by Crippen LogP contribution is 2.31. The number of pyridine rings is 1. The molecule has 0 aliphatic heterocycles. The van der Waals surface area contributed by atoms with Gasteiger partial charge in [0.05, 0.1) is 23.8 Å². The zero-order valence-electron chi connectivity index (χ0n) is 9.90. The van der Waals surface area contributed by atoms with Gasteiger partial charge < -0.3 is 4.74 Å². The Bertz CT molecular complexity index is 660. The van der Waals surface area contributed by atoms with Crippen molar-refractivity contribution in [2.75, 3.05) is 7.11 Å². The highest BCUT2D eigenvalue weighted by molar-refractivity contribution is 6.51. The highest BCUT2D eigenvalue weighted by Gasteiger charge is 2.35. The third-order valence-corrected chi connectivity index (χ3v) is 3.01. The Kier molecular flexibility index (Phi) is 3.31. The molecule has 6 heteroatoms. The van der Waals surface area contributed by atoms with Gasteiger partial charge in [-0.15, -0.1) is 0 Å². The standard InChI is InChI=1S/C13H8ClNO4/c1-6(13(18)19-2)8-9(14)11(16)7-4-3-5-15-10(7)12(8)17/h3-5H,1H2,2H3. The van der Waals surface area contributed by atoms with Crippen LogP contribution in [-0.4, -0.2) is 29.6 Å². The summed E-state index contributed by atoms with van der Waals surface area (Å²) in [7, 11) is 1.14. The zero-order chi connectivity index (χ0) is 14.2. The van der Waals surface area contributed by atoms with E-state index in [1.165, 1.54) is 18.3 Å². The molecule has 1 aliphatic carbocycles. The summed E-state index contributed by atoms with van der Waals surface area (Å²) in [6.07, 6.45) is 1.38. The lowest BCUT2D eigenvalue weighted by molar-refractivity contribution is -0.135. The van der Waals surface area contributed by atoms with Crippen molar-refractivity contribution in [2.45, 2.75) is 0 Å². The second-order valence-electron chi connectivity index (χ2n) is 3.72. The van der Waals surface area contributed by atoms with Crippen LogP contribution in [0.25, 0.3) is 0 Å². The van der Waals surface area contributed by atoms with Crippen molar-refractivity contribution in [3.8, 4) is 0 Å². The molecule has 0 fully saturated rings. The molecule has 0 spiro atoms. The summed E-state index contributed by atoms with van der Waals surface area (Å²) in [4.78, 5) is 39.5. The Hall–Kier alpha value is -2.27. The highest BCUT2D eigenvalue weighted by atomic mass is 35.5. The Morgan fingerprint density at radius 2 is 2.05 bits per heavy atom. The number of allylic oxidation sites excluding steroid dienone is 1. The van der Waals surface area contributed by atoms with Gasteiger partial charge in [-0.2, -0.15) is 0 Å². The van der Waals surface area contributed by atoms with Crippen LogP contribution in [0.15, 0.2) is 41.1 Å². The normalized spacial score (nSPS) is 14.2. The molecular weight excluding hydrogens is 270 g/mol. The van der Waals surface area contributed by atoms with Crippen molar-refractivity contribution in [3.63, 3.8) is 0 Å². The van der Waals surface area contributed by atoms with Crippen LogP contribution in [0.5, 0.6) is 0 Å². The first-order valence-electron chi connectivity index (χ1n) is 5.20. The molecule has 1 aromatic heterocycles. The van der Waals surface area contributed by atoms with E-state index in [0.29, 0.717) is 0 Å². The van der Waals surface area contributed by atoms with Gasteiger partial charge in [-0.1, -0.05) is 18.2 Å². The zero-order valence-corrected chi connectivity index (χ0v) is 10.7. The molecule has 0 bridgehead atoms. The minimum atomic E-state index is -0.825. The van der Waals surface area contributed by atoms with Gasteiger partial charge in [0.1, 0.15) is 10.7 Å². The van der Waals surface area contributed by atoms with Crippen LogP contribution in [0, 0.1) is 0 Å². The molecular formula is C13H8ClNO4. The maximum Gasteiger partial charge on any atom is 0.338 e. The number of rotatable bonds is 2. The molecule has 0 radical (unpaired) electrons. The van der Waals surface area contributed by atoms with Crippen molar-refractivity contribution in [1.29, 1.82) is 0 Å². The van der Waals surface area contributed by atoms with Crippen LogP contribution in [0.2, 0.25) is 0 Å². The lowest BCUT2D eigenvalue weighted by atomic mass is 9.89. The number of esters is 1. The summed E-state index contributed by atoms with van der Waals surface area (Å²) in [5, 5.41) is -0.346. The van der Waals surface area contributed by atoms with Crippen molar-refractivity contribution in [2.24, 2.45) is 0 Å². The fraction of sp³-hybridized carbons (Fsp3) is 0.0769. The first-order chi connectivity index (χ1) is 8.99. The van der Waals surface area contributed by atoms with Crippen molar-refractivity contribution >= 4 is 29.1 Å². The van der Waals surface area contributed by atoms with E-state index in [2.05, 4.69) is 16.3 Å². The van der Waals surface area contributed by atoms with E-state index < -0.39 is 17.5 Å². The molecule has 0 aromatic carbocycles. The number of methoxy groups -OCH3 is 1. The van der Waals surface area contributed by atoms with Gasteiger partial charge in [-0.3, -0.25) is 14.6 Å². The Labute approximate surface area is 113 Å². The summed E-state index contributed by atoms with van der Waals surface area (Å²) in [5.74, 6) is -2.01. The first-order valence-corrected chi connectivity index (χ1v) is 5.58. The molecule has 5 nitrogen and oxygen atoms in total. The fourth-order valence-electron chi connectivity index (χ4n) is 1.71. The molecule has 0 amide bonds. The Balaban J connectivity index is 2.61. The third kappa shape index (κ3) is 1.98. The topological polar surface area (TPSA) is 73.3 Å². The smallest absolute Gasteiger partial charge is 0.338 e. The maximum atomic E-state index is 12.2. The van der Waals surface area contributed by atoms with Crippen LogP contribution >= 0.6 is 11.6 Å². The van der Waals surface area contributed by atoms with E-state index >= 15 is 0 Å². The van der Waals surface area contributed by atoms with Gasteiger partial charge in [0.2, 0.25) is 11.6 Å². The molecule has 0 unspecified atom stereocenters. The third-order valence-electron chi connectivity index (χ3n) is 2.65. The minimum absolute atomic E-state index is 0.0445. The van der Waals surface area contributed by atoms with Crippen LogP contribution in [-0.2, 0) is 9.53 Å². The molecule has 0 atom stereocenters. The number of ether oxygens (including phenoxy) is 1. The molecule has 1 aliphatic rings. The first kappa shape index (κ1) is 13.2. The number of nitrogens with zero attached hydrogens (tertiary/aromatic N) is 1. The lowest BCUT2D eigenvalue weighted by Gasteiger charge is -2.17. The molecule has 96 valence electrons. The molecule has 1 aromatic rings. The quantitative estimate of drug-likeness (QED) is 0.607. The summed E-state index contributed by atoms with van der Waals surface area (Å²) < 4.78 is 4.47. The Morgan fingerprint density at radius 3 is 2.68 bits per heavy atom. The molecule has 2 rings (SSSR count). The van der Waals surface area contributed by atoms with Gasteiger partial charge >= 0.3 is 5.97 Å². The van der Waals surface area contributed by atoms with E-state index in [1.807, 2.05) is 0 Å². The minimum Gasteiger partial charge on any atom is -0.465 e. The molecule has 0 saturated heterocycles. The van der Waals surface area contributed by atoms with Crippen molar-refractivity contribution in [3.05, 3.63) is 52.3 Å². The maximum absolute atomic E-state index is 12.2. The SMILES string of the molecule is C=C(C(=O)OC)C1=C(Cl)C(=O)c2cccnc2C1=O. The molecule has 1 heterocycles. The monoisotopic (exact) mass is 277 g/mol. The number of halogens is 1. The Morgan fingerprint density at radius 1 is 1.37 bits per heavy atom. The van der Waals surface area contributed by atoms with Gasteiger partial charge in [-0.25, -0.2) is 4.79 Å².